The van der Waals surface area contributed by atoms with Gasteiger partial charge in [0.1, 0.15) is 0 Å². The molecule has 1 aliphatic heterocycles. The van der Waals surface area contributed by atoms with Gasteiger partial charge in [0.25, 0.3) is 0 Å². The minimum atomic E-state index is 0.392. The molecule has 0 bridgehead atoms. The maximum Gasteiger partial charge on any atom is 0.00225 e. The molecule has 0 radical (unpaired) electrons. The first kappa shape index (κ1) is 14.4. The van der Waals surface area contributed by atoms with Crippen LogP contribution in [0.5, 0.6) is 0 Å². The first-order chi connectivity index (χ1) is 7.47. The van der Waals surface area contributed by atoms with Crippen LogP contribution in [0, 0.1) is 17.3 Å². The highest BCUT2D eigenvalue weighted by atomic mass is 32.1. The van der Waals surface area contributed by atoms with E-state index in [1.165, 1.54) is 38.9 Å². The molecule has 0 aromatic carbocycles. The molecule has 0 aliphatic carbocycles. The minimum Gasteiger partial charge on any atom is -0.303 e. The summed E-state index contributed by atoms with van der Waals surface area (Å²) in [5.74, 6) is 2.71. The van der Waals surface area contributed by atoms with Gasteiger partial charge in [-0.1, -0.05) is 34.1 Å². The normalized spacial score (nSPS) is 22.3. The Balaban J connectivity index is 2.37. The molecule has 1 atom stereocenters. The van der Waals surface area contributed by atoms with Crippen molar-refractivity contribution in [1.29, 1.82) is 0 Å². The lowest BCUT2D eigenvalue weighted by Gasteiger charge is -2.38. The topological polar surface area (TPSA) is 3.24 Å². The molecular formula is C14H29NS. The van der Waals surface area contributed by atoms with Gasteiger partial charge < -0.3 is 4.90 Å². The van der Waals surface area contributed by atoms with Crippen molar-refractivity contribution in [2.24, 2.45) is 17.3 Å². The van der Waals surface area contributed by atoms with E-state index in [0.717, 1.165) is 11.7 Å². The van der Waals surface area contributed by atoms with Gasteiger partial charge in [0.15, 0.2) is 0 Å². The van der Waals surface area contributed by atoms with Crippen LogP contribution in [-0.4, -0.2) is 30.3 Å². The molecule has 1 nitrogen and oxygen atoms in total. The van der Waals surface area contributed by atoms with Gasteiger partial charge in [0.05, 0.1) is 0 Å². The van der Waals surface area contributed by atoms with Gasteiger partial charge in [-0.05, 0) is 48.9 Å². The zero-order valence-corrected chi connectivity index (χ0v) is 12.4. The Morgan fingerprint density at radius 3 is 2.19 bits per heavy atom. The summed E-state index contributed by atoms with van der Waals surface area (Å²) in [5, 5.41) is 0. The molecule has 16 heavy (non-hydrogen) atoms. The highest BCUT2D eigenvalue weighted by Gasteiger charge is 2.27. The van der Waals surface area contributed by atoms with E-state index in [0.29, 0.717) is 11.3 Å². The van der Waals surface area contributed by atoms with Gasteiger partial charge in [-0.25, -0.2) is 0 Å². The van der Waals surface area contributed by atoms with E-state index in [9.17, 15) is 0 Å². The average molecular weight is 243 g/mol. The number of hydrogen-bond acceptors (Lipinski definition) is 2. The Hall–Kier alpha value is 0.310. The fourth-order valence-electron chi connectivity index (χ4n) is 2.49. The third-order valence-corrected chi connectivity index (χ3v) is 4.65. The largest absolute Gasteiger partial charge is 0.303 e. The summed E-state index contributed by atoms with van der Waals surface area (Å²) in [4.78, 5) is 2.65. The molecule has 96 valence electrons. The third kappa shape index (κ3) is 4.29. The van der Waals surface area contributed by atoms with Crippen LogP contribution in [-0.2, 0) is 0 Å². The average Bonchev–Trinajstić information content (AvgIpc) is 2.25. The summed E-state index contributed by atoms with van der Waals surface area (Å²) in [6.07, 6.45) is 4.17. The van der Waals surface area contributed by atoms with Crippen molar-refractivity contribution in [1.82, 2.24) is 4.90 Å². The molecule has 1 rings (SSSR count). The van der Waals surface area contributed by atoms with E-state index in [2.05, 4.69) is 45.2 Å². The third-order valence-electron chi connectivity index (χ3n) is 4.21. The monoisotopic (exact) mass is 243 g/mol. The summed E-state index contributed by atoms with van der Waals surface area (Å²) in [5.41, 5.74) is 0.392. The summed E-state index contributed by atoms with van der Waals surface area (Å²) in [7, 11) is 0. The highest BCUT2D eigenvalue weighted by molar-refractivity contribution is 7.80. The number of thiol groups is 1. The van der Waals surface area contributed by atoms with Crippen molar-refractivity contribution in [2.75, 3.05) is 25.4 Å². The quantitative estimate of drug-likeness (QED) is 0.737. The number of nitrogens with zero attached hydrogens (tertiary/aromatic N) is 1. The number of piperidine rings is 1. The van der Waals surface area contributed by atoms with Gasteiger partial charge in [-0.3, -0.25) is 0 Å². The molecule has 0 amide bonds. The van der Waals surface area contributed by atoms with Gasteiger partial charge >= 0.3 is 0 Å². The molecule has 1 unspecified atom stereocenters. The van der Waals surface area contributed by atoms with Crippen LogP contribution in [0.4, 0.5) is 0 Å². The lowest BCUT2D eigenvalue weighted by Crippen LogP contribution is -2.41. The fraction of sp³-hybridized carbons (Fsp3) is 1.00. The molecule has 0 aromatic heterocycles. The van der Waals surface area contributed by atoms with Crippen LogP contribution in [0.2, 0.25) is 0 Å². The standard InChI is InChI=1S/C14H29NS/c1-5-12-6-8-15(9-7-12)10-13(11-16)14(2,3)4/h12-13,16H,5-11H2,1-4H3. The Morgan fingerprint density at radius 2 is 1.81 bits per heavy atom. The van der Waals surface area contributed by atoms with Crippen molar-refractivity contribution in [3.8, 4) is 0 Å². The van der Waals surface area contributed by atoms with Crippen LogP contribution in [0.3, 0.4) is 0 Å². The summed E-state index contributed by atoms with van der Waals surface area (Å²) >= 11 is 4.52. The summed E-state index contributed by atoms with van der Waals surface area (Å²) in [6.45, 7) is 13.2. The highest BCUT2D eigenvalue weighted by Crippen LogP contribution is 2.29. The Bertz CT molecular complexity index is 189. The maximum atomic E-state index is 4.52. The molecule has 2 heteroatoms. The second-order valence-electron chi connectivity index (χ2n) is 6.40. The second-order valence-corrected chi connectivity index (χ2v) is 6.76. The lowest BCUT2D eigenvalue weighted by atomic mass is 9.81. The molecule has 0 N–H and O–H groups in total. The van der Waals surface area contributed by atoms with Gasteiger partial charge in [0.2, 0.25) is 0 Å². The van der Waals surface area contributed by atoms with Crippen LogP contribution in [0.25, 0.3) is 0 Å². The molecule has 0 aromatic rings. The molecule has 1 aliphatic rings. The van der Waals surface area contributed by atoms with Crippen molar-refractivity contribution in [3.05, 3.63) is 0 Å². The lowest BCUT2D eigenvalue weighted by molar-refractivity contribution is 0.124. The van der Waals surface area contributed by atoms with E-state index in [1.807, 2.05) is 0 Å². The van der Waals surface area contributed by atoms with E-state index < -0.39 is 0 Å². The zero-order chi connectivity index (χ0) is 12.2. The predicted molar refractivity (Wildman–Crippen MR) is 76.3 cm³/mol. The van der Waals surface area contributed by atoms with Gasteiger partial charge in [-0.2, -0.15) is 12.6 Å². The summed E-state index contributed by atoms with van der Waals surface area (Å²) in [6, 6.07) is 0. The van der Waals surface area contributed by atoms with Crippen molar-refractivity contribution < 1.29 is 0 Å². The number of hydrogen-bond donors (Lipinski definition) is 1. The SMILES string of the molecule is CCC1CCN(CC(CS)C(C)(C)C)CC1. The van der Waals surface area contributed by atoms with Crippen molar-refractivity contribution in [3.63, 3.8) is 0 Å². The van der Waals surface area contributed by atoms with Crippen LogP contribution < -0.4 is 0 Å². The van der Waals surface area contributed by atoms with E-state index in [-0.39, 0.29) is 0 Å². The van der Waals surface area contributed by atoms with E-state index in [1.54, 1.807) is 0 Å². The van der Waals surface area contributed by atoms with Gasteiger partial charge in [0, 0.05) is 6.54 Å². The van der Waals surface area contributed by atoms with Crippen LogP contribution >= 0.6 is 12.6 Å². The Kier molecular flexibility index (Phi) is 5.66. The van der Waals surface area contributed by atoms with Crippen LogP contribution in [0.1, 0.15) is 47.0 Å². The molecule has 0 saturated carbocycles. The zero-order valence-electron chi connectivity index (χ0n) is 11.5. The Morgan fingerprint density at radius 1 is 1.25 bits per heavy atom. The molecule has 1 fully saturated rings. The number of rotatable bonds is 4. The maximum absolute atomic E-state index is 4.52. The molecule has 0 spiro atoms. The van der Waals surface area contributed by atoms with Gasteiger partial charge in [-0.15, -0.1) is 0 Å². The second kappa shape index (κ2) is 6.30. The Labute approximate surface area is 107 Å². The van der Waals surface area contributed by atoms with Crippen molar-refractivity contribution >= 4 is 12.6 Å². The molecule has 1 saturated heterocycles. The minimum absolute atomic E-state index is 0.392. The fourth-order valence-corrected chi connectivity index (χ4v) is 3.16. The number of likely N-dealkylation sites (tertiary alicyclic amines) is 1. The molecule has 1 heterocycles. The first-order valence-corrected chi connectivity index (χ1v) is 7.43. The molecular weight excluding hydrogens is 214 g/mol. The van der Waals surface area contributed by atoms with E-state index in [4.69, 9.17) is 0 Å². The smallest absolute Gasteiger partial charge is 0.00225 e. The summed E-state index contributed by atoms with van der Waals surface area (Å²) < 4.78 is 0. The van der Waals surface area contributed by atoms with E-state index >= 15 is 0 Å². The van der Waals surface area contributed by atoms with Crippen molar-refractivity contribution in [2.45, 2.75) is 47.0 Å². The van der Waals surface area contributed by atoms with Crippen LogP contribution in [0.15, 0.2) is 0 Å². The predicted octanol–water partition coefficient (Wildman–Crippen LogP) is 3.70. The first-order valence-electron chi connectivity index (χ1n) is 6.80.